The van der Waals surface area contributed by atoms with E-state index in [9.17, 15) is 14.4 Å². The molecule has 1 unspecified atom stereocenters. The fourth-order valence-corrected chi connectivity index (χ4v) is 3.77. The number of alkyl carbamates (subject to hydrolysis) is 1. The molecule has 0 spiro atoms. The number of carbonyl (C=O) groups is 2. The highest BCUT2D eigenvalue weighted by Crippen LogP contribution is 2.32. The van der Waals surface area contributed by atoms with Crippen LogP contribution in [0.4, 0.5) is 4.79 Å². The third kappa shape index (κ3) is 6.30. The molecule has 1 N–H and O–H groups in total. The molecule has 0 saturated carbocycles. The van der Waals surface area contributed by atoms with Crippen molar-refractivity contribution in [3.05, 3.63) is 74.6 Å². The van der Waals surface area contributed by atoms with Gasteiger partial charge < -0.3 is 19.2 Å². The zero-order valence-electron chi connectivity index (χ0n) is 18.5. The van der Waals surface area contributed by atoms with Crippen molar-refractivity contribution in [2.45, 2.75) is 32.9 Å². The lowest BCUT2D eigenvalue weighted by atomic mass is 10.1. The van der Waals surface area contributed by atoms with Crippen LogP contribution in [-0.4, -0.2) is 30.1 Å². The quantitative estimate of drug-likeness (QED) is 0.270. The van der Waals surface area contributed by atoms with Gasteiger partial charge in [0.05, 0.1) is 5.02 Å². The maximum absolute atomic E-state index is 12.9. The smallest absolute Gasteiger partial charge is 0.408 e. The minimum atomic E-state index is -0.945. The number of aryl methyl sites for hydroxylation is 1. The highest BCUT2D eigenvalue weighted by Gasteiger charge is 2.25. The van der Waals surface area contributed by atoms with Gasteiger partial charge in [-0.25, -0.2) is 14.4 Å². The van der Waals surface area contributed by atoms with Crippen LogP contribution in [0.3, 0.4) is 0 Å². The molecule has 0 aliphatic rings. The second-order valence-corrected chi connectivity index (χ2v) is 8.77. The molecule has 1 amide bonds. The molecule has 0 aliphatic heterocycles. The normalized spacial score (nSPS) is 11.8. The van der Waals surface area contributed by atoms with Crippen LogP contribution in [-0.2, 0) is 16.1 Å². The number of amides is 1. The van der Waals surface area contributed by atoms with E-state index in [4.69, 9.17) is 25.5 Å². The van der Waals surface area contributed by atoms with E-state index in [0.717, 1.165) is 11.1 Å². The monoisotopic (exact) mass is 489 g/mol. The van der Waals surface area contributed by atoms with E-state index in [0.29, 0.717) is 23.1 Å². The number of hydrogen-bond donors (Lipinski definition) is 1. The number of thioether (sulfide) groups is 1. The Labute approximate surface area is 200 Å². The fraction of sp³-hybridized carbons (Fsp3) is 0.292. The number of rotatable bonds is 8. The van der Waals surface area contributed by atoms with Gasteiger partial charge >= 0.3 is 17.7 Å². The highest BCUT2D eigenvalue weighted by atomic mass is 35.5. The first kappa shape index (κ1) is 24.7. The van der Waals surface area contributed by atoms with Gasteiger partial charge in [-0.1, -0.05) is 41.9 Å². The Morgan fingerprint density at radius 3 is 2.58 bits per heavy atom. The summed E-state index contributed by atoms with van der Waals surface area (Å²) in [5, 5.41) is 3.39. The van der Waals surface area contributed by atoms with E-state index in [2.05, 4.69) is 5.32 Å². The molecular formula is C24H24ClNO6S. The number of halogens is 1. The average molecular weight is 490 g/mol. The summed E-state index contributed by atoms with van der Waals surface area (Å²) < 4.78 is 16.0. The van der Waals surface area contributed by atoms with Crippen LogP contribution in [0.1, 0.15) is 23.1 Å². The van der Waals surface area contributed by atoms with E-state index >= 15 is 0 Å². The summed E-state index contributed by atoms with van der Waals surface area (Å²) in [7, 11) is 0. The molecule has 1 atom stereocenters. The molecule has 0 aliphatic carbocycles. The van der Waals surface area contributed by atoms with E-state index < -0.39 is 23.7 Å². The summed E-state index contributed by atoms with van der Waals surface area (Å²) in [6.07, 6.45) is 1.49. The first-order valence-corrected chi connectivity index (χ1v) is 12.0. The van der Waals surface area contributed by atoms with Crippen LogP contribution in [0.15, 0.2) is 51.7 Å². The van der Waals surface area contributed by atoms with Gasteiger partial charge in [0, 0.05) is 17.0 Å². The van der Waals surface area contributed by atoms with Crippen molar-refractivity contribution in [1.29, 1.82) is 0 Å². The number of ether oxygens (including phenoxy) is 2. The van der Waals surface area contributed by atoms with Gasteiger partial charge in [-0.15, -0.1) is 0 Å². The van der Waals surface area contributed by atoms with Crippen molar-refractivity contribution in [3.63, 3.8) is 0 Å². The summed E-state index contributed by atoms with van der Waals surface area (Å²) in [4.78, 5) is 37.1. The maximum Gasteiger partial charge on any atom is 0.408 e. The Kier molecular flexibility index (Phi) is 8.41. The van der Waals surface area contributed by atoms with Crippen molar-refractivity contribution in [2.75, 3.05) is 12.0 Å². The predicted octanol–water partition coefficient (Wildman–Crippen LogP) is 5.02. The first-order chi connectivity index (χ1) is 15.8. The zero-order valence-corrected chi connectivity index (χ0v) is 20.0. The second-order valence-electron chi connectivity index (χ2n) is 7.38. The SMILES string of the molecule is CSCCC(NC(=O)OCc1ccccc1)C(=O)Oc1cc2oc(=O)c(C)c(C)c2cc1Cl. The topological polar surface area (TPSA) is 94.8 Å². The molecule has 174 valence electrons. The van der Waals surface area contributed by atoms with Crippen molar-refractivity contribution < 1.29 is 23.5 Å². The van der Waals surface area contributed by atoms with Gasteiger partial charge in [-0.3, -0.25) is 0 Å². The summed E-state index contributed by atoms with van der Waals surface area (Å²) in [5.41, 5.74) is 1.83. The van der Waals surface area contributed by atoms with Gasteiger partial charge in [-0.05, 0) is 49.5 Å². The third-order valence-corrected chi connectivity index (χ3v) is 6.06. The number of hydrogen-bond acceptors (Lipinski definition) is 7. The van der Waals surface area contributed by atoms with Crippen molar-refractivity contribution in [2.24, 2.45) is 0 Å². The van der Waals surface area contributed by atoms with Crippen LogP contribution < -0.4 is 15.7 Å². The number of benzene rings is 2. The summed E-state index contributed by atoms with van der Waals surface area (Å²) in [6, 6.07) is 11.3. The van der Waals surface area contributed by atoms with Crippen LogP contribution in [0.2, 0.25) is 5.02 Å². The van der Waals surface area contributed by atoms with Gasteiger partial charge in [0.15, 0.2) is 5.75 Å². The summed E-state index contributed by atoms with van der Waals surface area (Å²) in [5.74, 6) is -0.0559. The lowest BCUT2D eigenvalue weighted by molar-refractivity contribution is -0.136. The first-order valence-electron chi connectivity index (χ1n) is 10.2. The molecule has 9 heteroatoms. The molecule has 1 heterocycles. The van der Waals surface area contributed by atoms with Crippen molar-refractivity contribution in [3.8, 4) is 5.75 Å². The maximum atomic E-state index is 12.9. The van der Waals surface area contributed by atoms with Crippen LogP contribution >= 0.6 is 23.4 Å². The Morgan fingerprint density at radius 1 is 1.15 bits per heavy atom. The van der Waals surface area contributed by atoms with E-state index in [1.165, 1.54) is 17.8 Å². The largest absolute Gasteiger partial charge is 0.445 e. The summed E-state index contributed by atoms with van der Waals surface area (Å²) >= 11 is 7.86. The molecule has 33 heavy (non-hydrogen) atoms. The fourth-order valence-electron chi connectivity index (χ4n) is 3.09. The van der Waals surface area contributed by atoms with Crippen LogP contribution in [0.25, 0.3) is 11.0 Å². The van der Waals surface area contributed by atoms with E-state index in [1.807, 2.05) is 36.6 Å². The van der Waals surface area contributed by atoms with Gasteiger partial charge in [0.25, 0.3) is 0 Å². The minimum absolute atomic E-state index is 0.0363. The Morgan fingerprint density at radius 2 is 1.88 bits per heavy atom. The molecule has 0 saturated heterocycles. The molecule has 7 nitrogen and oxygen atoms in total. The van der Waals surface area contributed by atoms with E-state index in [-0.39, 0.29) is 23.0 Å². The van der Waals surface area contributed by atoms with Crippen LogP contribution in [0, 0.1) is 13.8 Å². The molecule has 1 aromatic heterocycles. The Hall–Kier alpha value is -2.97. The highest BCUT2D eigenvalue weighted by molar-refractivity contribution is 7.98. The van der Waals surface area contributed by atoms with Gasteiger partial charge in [0.1, 0.15) is 18.2 Å². The van der Waals surface area contributed by atoms with Crippen molar-refractivity contribution in [1.82, 2.24) is 5.32 Å². The molecule has 0 fully saturated rings. The van der Waals surface area contributed by atoms with Crippen molar-refractivity contribution >= 4 is 46.4 Å². The molecular weight excluding hydrogens is 466 g/mol. The third-order valence-electron chi connectivity index (χ3n) is 5.12. The number of carbonyl (C=O) groups excluding carboxylic acids is 2. The Balaban J connectivity index is 1.74. The van der Waals surface area contributed by atoms with E-state index in [1.54, 1.807) is 19.9 Å². The van der Waals surface area contributed by atoms with Crippen LogP contribution in [0.5, 0.6) is 5.75 Å². The lowest BCUT2D eigenvalue weighted by Gasteiger charge is -2.18. The standard InChI is InChI=1S/C24H24ClNO6S/c1-14-15(2)22(27)31-20-12-21(18(25)11-17(14)20)32-23(28)19(9-10-33-3)26-24(29)30-13-16-7-5-4-6-8-16/h4-8,11-12,19H,9-10,13H2,1-3H3,(H,26,29). The second kappa shape index (κ2) is 11.2. The molecule has 0 bridgehead atoms. The molecule has 3 rings (SSSR count). The lowest BCUT2D eigenvalue weighted by Crippen LogP contribution is -2.43. The zero-order chi connectivity index (χ0) is 24.0. The van der Waals surface area contributed by atoms with Gasteiger partial charge in [-0.2, -0.15) is 11.8 Å². The number of fused-ring (bicyclic) bond motifs is 1. The molecule has 2 aromatic carbocycles. The average Bonchev–Trinajstić information content (AvgIpc) is 2.81. The minimum Gasteiger partial charge on any atom is -0.445 e. The molecule has 0 radical (unpaired) electrons. The van der Waals surface area contributed by atoms with Gasteiger partial charge in [0.2, 0.25) is 0 Å². The molecule has 3 aromatic rings. The Bertz CT molecular complexity index is 1210. The summed E-state index contributed by atoms with van der Waals surface area (Å²) in [6.45, 7) is 3.53. The number of esters is 1. The predicted molar refractivity (Wildman–Crippen MR) is 129 cm³/mol. The number of nitrogens with one attached hydrogen (secondary N) is 1.